The van der Waals surface area contributed by atoms with E-state index in [1.165, 1.54) is 0 Å². The van der Waals surface area contributed by atoms with Crippen LogP contribution in [0, 0.1) is 0 Å². The third-order valence-electron chi connectivity index (χ3n) is 8.38. The molecule has 2 aromatic carbocycles. The molecule has 10 nitrogen and oxygen atoms in total. The van der Waals surface area contributed by atoms with Crippen molar-refractivity contribution in [3.63, 3.8) is 0 Å². The minimum atomic E-state index is -1.03. The van der Waals surface area contributed by atoms with Gasteiger partial charge < -0.3 is 9.47 Å². The molecule has 6 rings (SSSR count). The van der Waals surface area contributed by atoms with Crippen LogP contribution in [0.15, 0.2) is 102 Å². The fourth-order valence-corrected chi connectivity index (χ4v) is 8.66. The van der Waals surface area contributed by atoms with Crippen molar-refractivity contribution in [1.29, 1.82) is 0 Å². The average Bonchev–Trinajstić information content (AvgIpc) is 3.99. The number of aromatic nitrogens is 4. The van der Waals surface area contributed by atoms with Crippen LogP contribution >= 0.6 is 22.7 Å². The topological polar surface area (TPSA) is 122 Å². The van der Waals surface area contributed by atoms with Crippen LogP contribution in [0.4, 0.5) is 0 Å². The van der Waals surface area contributed by atoms with Gasteiger partial charge in [0.2, 0.25) is 0 Å². The number of carbonyl (C=O) groups excluding carboxylic acids is 2. The summed E-state index contributed by atoms with van der Waals surface area (Å²) in [6, 6.07) is 23.6. The van der Waals surface area contributed by atoms with E-state index in [0.29, 0.717) is 24.9 Å². The number of benzene rings is 2. The molecule has 2 atom stereocenters. The molecule has 0 bridgehead atoms. The lowest BCUT2D eigenvalue weighted by Gasteiger charge is -2.05. The van der Waals surface area contributed by atoms with Gasteiger partial charge in [0.05, 0.1) is 24.6 Å². The van der Waals surface area contributed by atoms with Crippen molar-refractivity contribution in [2.24, 2.45) is 0 Å². The van der Waals surface area contributed by atoms with Gasteiger partial charge in [0, 0.05) is 66.0 Å². The van der Waals surface area contributed by atoms with Gasteiger partial charge in [0.1, 0.15) is 34.5 Å². The highest BCUT2D eigenvalue weighted by Gasteiger charge is 2.19. The standard InChI is InChI=1S/C21H24N2O3S2.C21H22N2O3S2/c2*1-5-26-21(24)12-19-22-17(14(2)3)13-23(19)20-10-9-18(27-20)15-7-6-8-16(11-15)28(4)25/h6-11,13-14H,5,12H2,1-4H3;6-11,13H,2,5,12H2,1,3-4H3. The summed E-state index contributed by atoms with van der Waals surface area (Å²) in [6.07, 6.45) is 7.47. The largest absolute Gasteiger partial charge is 0.466 e. The van der Waals surface area contributed by atoms with Crippen molar-refractivity contribution < 1.29 is 27.5 Å². The molecule has 6 aromatic rings. The van der Waals surface area contributed by atoms with Crippen LogP contribution in [0.5, 0.6) is 0 Å². The Morgan fingerprint density at radius 2 is 1.20 bits per heavy atom. The van der Waals surface area contributed by atoms with E-state index >= 15 is 0 Å². The monoisotopic (exact) mass is 830 g/mol. The lowest BCUT2D eigenvalue weighted by Crippen LogP contribution is -2.11. The summed E-state index contributed by atoms with van der Waals surface area (Å²) in [5, 5.41) is 1.93. The molecule has 0 fully saturated rings. The number of imidazole rings is 2. The first-order valence-corrected chi connectivity index (χ1v) is 22.7. The van der Waals surface area contributed by atoms with Gasteiger partial charge >= 0.3 is 11.9 Å². The van der Waals surface area contributed by atoms with Gasteiger partial charge in [-0.25, -0.2) is 9.97 Å². The number of hydrogen-bond donors (Lipinski definition) is 0. The first-order chi connectivity index (χ1) is 26.8. The van der Waals surface area contributed by atoms with E-state index in [-0.39, 0.29) is 30.7 Å². The quantitative estimate of drug-likeness (QED) is 0.0998. The van der Waals surface area contributed by atoms with Gasteiger partial charge in [-0.05, 0) is 91.9 Å². The molecule has 2 unspecified atom stereocenters. The summed E-state index contributed by atoms with van der Waals surface area (Å²) in [5.74, 6) is 0.974. The van der Waals surface area contributed by atoms with Crippen LogP contribution in [0.25, 0.3) is 36.5 Å². The molecule has 0 spiro atoms. The highest BCUT2D eigenvalue weighted by atomic mass is 32.2. The van der Waals surface area contributed by atoms with Gasteiger partial charge in [-0.3, -0.25) is 27.1 Å². The zero-order chi connectivity index (χ0) is 40.5. The minimum Gasteiger partial charge on any atom is -0.466 e. The summed E-state index contributed by atoms with van der Waals surface area (Å²) in [7, 11) is -2.05. The second-order valence-corrected chi connectivity index (χ2v) is 17.9. The molecule has 294 valence electrons. The Labute approximate surface area is 341 Å². The molecule has 14 heteroatoms. The Morgan fingerprint density at radius 1 is 0.732 bits per heavy atom. The van der Waals surface area contributed by atoms with E-state index in [2.05, 4.69) is 30.4 Å². The van der Waals surface area contributed by atoms with E-state index in [0.717, 1.165) is 57.6 Å². The fraction of sp³-hybridized carbons (Fsp3) is 0.286. The molecule has 0 saturated heterocycles. The van der Waals surface area contributed by atoms with Gasteiger partial charge in [-0.15, -0.1) is 22.7 Å². The SMILES string of the molecule is C=C(C)c1cn(-c2ccc(-c3cccc(S(C)=O)c3)s2)c(CC(=O)OCC)n1.CCOC(=O)Cc1nc(C(C)C)cn1-c1ccc(-c2cccc(S(C)=O)c2)s1. The van der Waals surface area contributed by atoms with E-state index in [4.69, 9.17) is 9.47 Å². The molecular formula is C42H46N4O6S4. The number of carbonyl (C=O) groups is 2. The molecule has 0 N–H and O–H groups in total. The van der Waals surface area contributed by atoms with Crippen molar-refractivity contribution in [1.82, 2.24) is 19.1 Å². The molecule has 4 aromatic heterocycles. The van der Waals surface area contributed by atoms with Gasteiger partial charge in [-0.1, -0.05) is 44.7 Å². The molecule has 0 amide bonds. The normalized spacial score (nSPS) is 12.1. The van der Waals surface area contributed by atoms with E-state index in [1.807, 2.05) is 101 Å². The number of nitrogens with zero attached hydrogens (tertiary/aromatic N) is 4. The zero-order valence-corrected chi connectivity index (χ0v) is 35.8. The number of ether oxygens (including phenoxy) is 2. The van der Waals surface area contributed by atoms with Crippen LogP contribution in [0.2, 0.25) is 0 Å². The van der Waals surface area contributed by atoms with E-state index < -0.39 is 21.6 Å². The average molecular weight is 831 g/mol. The lowest BCUT2D eigenvalue weighted by atomic mass is 10.2. The zero-order valence-electron chi connectivity index (χ0n) is 32.6. The minimum absolute atomic E-state index is 0.0959. The van der Waals surface area contributed by atoms with Gasteiger partial charge in [0.15, 0.2) is 0 Å². The number of esters is 2. The Morgan fingerprint density at radius 3 is 1.62 bits per heavy atom. The molecule has 0 aliphatic carbocycles. The molecule has 0 saturated carbocycles. The second-order valence-electron chi connectivity index (χ2n) is 13.0. The summed E-state index contributed by atoms with van der Waals surface area (Å²) < 4.78 is 37.6. The number of thiophene rings is 2. The first-order valence-electron chi connectivity index (χ1n) is 18.0. The molecular weight excluding hydrogens is 785 g/mol. The smallest absolute Gasteiger partial charge is 0.313 e. The predicted molar refractivity (Wildman–Crippen MR) is 228 cm³/mol. The predicted octanol–water partition coefficient (Wildman–Crippen LogP) is 9.04. The van der Waals surface area contributed by atoms with Crippen LogP contribution < -0.4 is 0 Å². The fourth-order valence-electron chi connectivity index (χ4n) is 5.54. The van der Waals surface area contributed by atoms with Crippen molar-refractivity contribution in [3.8, 4) is 30.9 Å². The molecule has 0 radical (unpaired) electrons. The summed E-state index contributed by atoms with van der Waals surface area (Å²) >= 11 is 3.19. The Hall–Kier alpha value is -4.76. The summed E-state index contributed by atoms with van der Waals surface area (Å²) in [5.41, 5.74) is 4.56. The Kier molecular flexibility index (Phi) is 14.7. The maximum Gasteiger partial charge on any atom is 0.313 e. The number of rotatable bonds is 14. The summed E-state index contributed by atoms with van der Waals surface area (Å²) in [6.45, 7) is 14.3. The third-order valence-corrected chi connectivity index (χ3v) is 12.5. The summed E-state index contributed by atoms with van der Waals surface area (Å²) in [4.78, 5) is 36.9. The van der Waals surface area contributed by atoms with Crippen molar-refractivity contribution >= 4 is 61.8 Å². The molecule has 0 aliphatic rings. The van der Waals surface area contributed by atoms with Crippen molar-refractivity contribution in [2.75, 3.05) is 25.7 Å². The number of hydrogen-bond acceptors (Lipinski definition) is 10. The Bertz CT molecular complexity index is 2380. The highest BCUT2D eigenvalue weighted by Crippen LogP contribution is 2.34. The lowest BCUT2D eigenvalue weighted by molar-refractivity contribution is -0.143. The first kappa shape index (κ1) is 42.4. The second kappa shape index (κ2) is 19.4. The van der Waals surface area contributed by atoms with Crippen molar-refractivity contribution in [3.05, 3.63) is 115 Å². The highest BCUT2D eigenvalue weighted by molar-refractivity contribution is 7.84. The van der Waals surface area contributed by atoms with Gasteiger partial charge in [-0.2, -0.15) is 0 Å². The van der Waals surface area contributed by atoms with Crippen LogP contribution in [0.3, 0.4) is 0 Å². The van der Waals surface area contributed by atoms with Gasteiger partial charge in [0.25, 0.3) is 0 Å². The van der Waals surface area contributed by atoms with Crippen LogP contribution in [0.1, 0.15) is 63.6 Å². The molecule has 4 heterocycles. The van der Waals surface area contributed by atoms with Crippen molar-refractivity contribution in [2.45, 2.75) is 63.2 Å². The van der Waals surface area contributed by atoms with Crippen LogP contribution in [-0.2, 0) is 53.5 Å². The molecule has 0 aliphatic heterocycles. The van der Waals surface area contributed by atoms with E-state index in [9.17, 15) is 18.0 Å². The Balaban J connectivity index is 0.000000214. The van der Waals surface area contributed by atoms with E-state index in [1.54, 1.807) is 49.0 Å². The maximum atomic E-state index is 12.0. The maximum absolute atomic E-state index is 12.0. The van der Waals surface area contributed by atoms with Crippen LogP contribution in [-0.4, -0.2) is 65.2 Å². The third kappa shape index (κ3) is 10.8. The number of allylic oxidation sites excluding steroid dienone is 1. The molecule has 56 heavy (non-hydrogen) atoms.